The third-order valence-corrected chi connectivity index (χ3v) is 5.35. The standard InChI is InChI=1S/C20H20BrN3O5/c1-20(13-6-4-5-7-14(13)21)18(26)24(19(27)23-20)11-17(25)22-12-8-9-15(28-2)16(10-12)29-3/h4-10H,11H2,1-3H3,(H,22,25)(H,23,27)/t20-/m0/s1. The van der Waals surface area contributed by atoms with E-state index in [1.54, 1.807) is 43.3 Å². The quantitative estimate of drug-likeness (QED) is 0.644. The van der Waals surface area contributed by atoms with Gasteiger partial charge in [0.25, 0.3) is 5.91 Å². The molecule has 2 aromatic rings. The molecule has 1 heterocycles. The van der Waals surface area contributed by atoms with E-state index in [1.807, 2.05) is 6.07 Å². The molecule has 0 unspecified atom stereocenters. The van der Waals surface area contributed by atoms with Crippen LogP contribution in [0.5, 0.6) is 11.5 Å². The number of carbonyl (C=O) groups excluding carboxylic acids is 3. The Bertz CT molecular complexity index is 980. The fourth-order valence-corrected chi connectivity index (χ4v) is 3.83. The Hall–Kier alpha value is -3.07. The summed E-state index contributed by atoms with van der Waals surface area (Å²) in [7, 11) is 3.00. The number of rotatable bonds is 6. The zero-order chi connectivity index (χ0) is 21.2. The predicted molar refractivity (Wildman–Crippen MR) is 110 cm³/mol. The Morgan fingerprint density at radius 1 is 1.14 bits per heavy atom. The molecule has 8 nitrogen and oxygen atoms in total. The van der Waals surface area contributed by atoms with Crippen molar-refractivity contribution in [1.82, 2.24) is 10.2 Å². The number of carbonyl (C=O) groups is 3. The van der Waals surface area contributed by atoms with Crippen molar-refractivity contribution in [2.75, 3.05) is 26.1 Å². The van der Waals surface area contributed by atoms with Crippen LogP contribution in [-0.2, 0) is 15.1 Å². The second kappa shape index (κ2) is 8.12. The van der Waals surface area contributed by atoms with E-state index >= 15 is 0 Å². The van der Waals surface area contributed by atoms with Crippen LogP contribution >= 0.6 is 15.9 Å². The lowest BCUT2D eigenvalue weighted by Crippen LogP contribution is -2.42. The van der Waals surface area contributed by atoms with E-state index in [0.29, 0.717) is 27.2 Å². The van der Waals surface area contributed by atoms with E-state index in [2.05, 4.69) is 26.6 Å². The summed E-state index contributed by atoms with van der Waals surface area (Å²) in [4.78, 5) is 38.7. The first kappa shape index (κ1) is 20.7. The third kappa shape index (κ3) is 3.91. The van der Waals surface area contributed by atoms with Crippen molar-refractivity contribution in [2.24, 2.45) is 0 Å². The zero-order valence-electron chi connectivity index (χ0n) is 16.1. The number of halogens is 1. The van der Waals surface area contributed by atoms with Gasteiger partial charge in [0, 0.05) is 21.8 Å². The molecule has 2 aromatic carbocycles. The van der Waals surface area contributed by atoms with Crippen LogP contribution in [0, 0.1) is 0 Å². The van der Waals surface area contributed by atoms with Crippen molar-refractivity contribution in [2.45, 2.75) is 12.5 Å². The number of anilines is 1. The molecular weight excluding hydrogens is 442 g/mol. The molecule has 0 saturated carbocycles. The molecule has 0 spiro atoms. The van der Waals surface area contributed by atoms with Crippen molar-refractivity contribution in [3.05, 3.63) is 52.5 Å². The number of nitrogens with zero attached hydrogens (tertiary/aromatic N) is 1. The molecule has 1 atom stereocenters. The molecule has 4 amide bonds. The first-order valence-electron chi connectivity index (χ1n) is 8.71. The van der Waals surface area contributed by atoms with Crippen LogP contribution in [0.4, 0.5) is 10.5 Å². The van der Waals surface area contributed by atoms with Gasteiger partial charge >= 0.3 is 6.03 Å². The van der Waals surface area contributed by atoms with Crippen LogP contribution in [-0.4, -0.2) is 43.5 Å². The second-order valence-corrected chi connectivity index (χ2v) is 7.40. The summed E-state index contributed by atoms with van der Waals surface area (Å²) in [6, 6.07) is 11.4. The van der Waals surface area contributed by atoms with E-state index in [-0.39, 0.29) is 0 Å². The van der Waals surface area contributed by atoms with Gasteiger partial charge in [-0.15, -0.1) is 0 Å². The molecule has 1 aliphatic rings. The summed E-state index contributed by atoms with van der Waals surface area (Å²) in [5.41, 5.74) is -0.199. The van der Waals surface area contributed by atoms with Crippen LogP contribution < -0.4 is 20.1 Å². The number of hydrogen-bond acceptors (Lipinski definition) is 5. The molecule has 1 aliphatic heterocycles. The van der Waals surface area contributed by atoms with E-state index < -0.39 is 29.9 Å². The predicted octanol–water partition coefficient (Wildman–Crippen LogP) is 2.87. The van der Waals surface area contributed by atoms with Gasteiger partial charge in [-0.3, -0.25) is 14.5 Å². The molecule has 0 aliphatic carbocycles. The van der Waals surface area contributed by atoms with Crippen molar-refractivity contribution >= 4 is 39.5 Å². The largest absolute Gasteiger partial charge is 0.493 e. The maximum Gasteiger partial charge on any atom is 0.325 e. The highest BCUT2D eigenvalue weighted by Crippen LogP contribution is 2.34. The number of hydrogen-bond donors (Lipinski definition) is 2. The van der Waals surface area contributed by atoms with E-state index in [9.17, 15) is 14.4 Å². The fraction of sp³-hybridized carbons (Fsp3) is 0.250. The lowest BCUT2D eigenvalue weighted by molar-refractivity contribution is -0.133. The lowest BCUT2D eigenvalue weighted by atomic mass is 9.92. The highest BCUT2D eigenvalue weighted by atomic mass is 79.9. The third-order valence-electron chi connectivity index (χ3n) is 4.66. The van der Waals surface area contributed by atoms with Crippen LogP contribution in [0.25, 0.3) is 0 Å². The SMILES string of the molecule is COc1ccc(NC(=O)CN2C(=O)N[C@@](C)(c3ccccc3Br)C2=O)cc1OC. The Labute approximate surface area is 176 Å². The molecule has 9 heteroatoms. The summed E-state index contributed by atoms with van der Waals surface area (Å²) < 4.78 is 11.1. The maximum absolute atomic E-state index is 13.0. The number of methoxy groups -OCH3 is 2. The second-order valence-electron chi connectivity index (χ2n) is 6.54. The molecule has 0 radical (unpaired) electrons. The van der Waals surface area contributed by atoms with Gasteiger partial charge in [0.1, 0.15) is 12.1 Å². The topological polar surface area (TPSA) is 97.0 Å². The summed E-state index contributed by atoms with van der Waals surface area (Å²) in [5, 5.41) is 5.34. The lowest BCUT2D eigenvalue weighted by Gasteiger charge is -2.23. The van der Waals surface area contributed by atoms with Crippen molar-refractivity contribution in [1.29, 1.82) is 0 Å². The summed E-state index contributed by atoms with van der Waals surface area (Å²) >= 11 is 3.41. The summed E-state index contributed by atoms with van der Waals surface area (Å²) in [6.45, 7) is 1.19. The van der Waals surface area contributed by atoms with Gasteiger partial charge in [0.05, 0.1) is 14.2 Å². The molecular formula is C20H20BrN3O5. The molecule has 1 fully saturated rings. The average Bonchev–Trinajstić information content (AvgIpc) is 2.91. The van der Waals surface area contributed by atoms with Crippen molar-refractivity contribution < 1.29 is 23.9 Å². The van der Waals surface area contributed by atoms with Crippen LogP contribution in [0.1, 0.15) is 12.5 Å². The number of urea groups is 1. The molecule has 29 heavy (non-hydrogen) atoms. The van der Waals surface area contributed by atoms with Crippen molar-refractivity contribution in [3.8, 4) is 11.5 Å². The highest BCUT2D eigenvalue weighted by molar-refractivity contribution is 9.10. The van der Waals surface area contributed by atoms with Crippen molar-refractivity contribution in [3.63, 3.8) is 0 Å². The van der Waals surface area contributed by atoms with Crippen LogP contribution in [0.2, 0.25) is 0 Å². The number of amides is 4. The minimum atomic E-state index is -1.26. The number of imide groups is 1. The summed E-state index contributed by atoms with van der Waals surface area (Å²) in [5.74, 6) is -0.0560. The van der Waals surface area contributed by atoms with Gasteiger partial charge in [-0.25, -0.2) is 4.79 Å². The van der Waals surface area contributed by atoms with Crippen LogP contribution in [0.15, 0.2) is 46.9 Å². The number of ether oxygens (including phenoxy) is 2. The molecule has 0 bridgehead atoms. The molecule has 152 valence electrons. The first-order valence-corrected chi connectivity index (χ1v) is 9.50. The molecule has 0 aromatic heterocycles. The average molecular weight is 462 g/mol. The Morgan fingerprint density at radius 3 is 2.48 bits per heavy atom. The maximum atomic E-state index is 13.0. The first-order chi connectivity index (χ1) is 13.8. The molecule has 1 saturated heterocycles. The fourth-order valence-electron chi connectivity index (χ4n) is 3.15. The Kier molecular flexibility index (Phi) is 5.78. The monoisotopic (exact) mass is 461 g/mol. The Morgan fingerprint density at radius 2 is 1.83 bits per heavy atom. The molecule has 3 rings (SSSR count). The summed E-state index contributed by atoms with van der Waals surface area (Å²) in [6.07, 6.45) is 0. The minimum absolute atomic E-state index is 0.418. The zero-order valence-corrected chi connectivity index (χ0v) is 17.7. The van der Waals surface area contributed by atoms with E-state index in [4.69, 9.17) is 9.47 Å². The van der Waals surface area contributed by atoms with Gasteiger partial charge < -0.3 is 20.1 Å². The number of nitrogens with one attached hydrogen (secondary N) is 2. The van der Waals surface area contributed by atoms with Gasteiger partial charge in [0.15, 0.2) is 11.5 Å². The van der Waals surface area contributed by atoms with E-state index in [1.165, 1.54) is 14.2 Å². The minimum Gasteiger partial charge on any atom is -0.493 e. The highest BCUT2D eigenvalue weighted by Gasteiger charge is 2.50. The normalized spacial score (nSPS) is 18.4. The molecule has 2 N–H and O–H groups in total. The van der Waals surface area contributed by atoms with Gasteiger partial charge in [-0.1, -0.05) is 34.1 Å². The Balaban J connectivity index is 1.75. The van der Waals surface area contributed by atoms with Gasteiger partial charge in [0.2, 0.25) is 5.91 Å². The van der Waals surface area contributed by atoms with Gasteiger partial charge in [-0.05, 0) is 25.1 Å². The number of benzene rings is 2. The van der Waals surface area contributed by atoms with Gasteiger partial charge in [-0.2, -0.15) is 0 Å². The smallest absolute Gasteiger partial charge is 0.325 e. The van der Waals surface area contributed by atoms with Crippen LogP contribution in [0.3, 0.4) is 0 Å². The van der Waals surface area contributed by atoms with E-state index in [0.717, 1.165) is 4.90 Å².